The summed E-state index contributed by atoms with van der Waals surface area (Å²) in [5.41, 5.74) is 1.43. The molecule has 10 heteroatoms. The fourth-order valence-electron chi connectivity index (χ4n) is 2.90. The van der Waals surface area contributed by atoms with Gasteiger partial charge in [0, 0.05) is 10.6 Å². The number of ether oxygens (including phenoxy) is 1. The Kier molecular flexibility index (Phi) is 5.47. The number of alkyl halides is 3. The number of carbonyl (C=O) groups excluding carboxylic acids is 1. The van der Waals surface area contributed by atoms with Gasteiger partial charge in [0.2, 0.25) is 5.91 Å². The summed E-state index contributed by atoms with van der Waals surface area (Å²) >= 11 is 1.29. The molecule has 1 N–H and O–H groups in total. The molecule has 0 saturated heterocycles. The van der Waals surface area contributed by atoms with Crippen molar-refractivity contribution < 1.29 is 22.7 Å². The van der Waals surface area contributed by atoms with Gasteiger partial charge < -0.3 is 10.1 Å². The maximum Gasteiger partial charge on any atom is 0.573 e. The molecular formula is C21H14F3N3O3S. The molecule has 158 valence electrons. The fourth-order valence-corrected chi connectivity index (χ4v) is 3.96. The molecule has 0 spiro atoms. The number of carbonyl (C=O) groups is 1. The number of thiophene rings is 1. The number of benzene rings is 2. The van der Waals surface area contributed by atoms with Gasteiger partial charge in [0.05, 0.1) is 11.8 Å². The van der Waals surface area contributed by atoms with E-state index in [9.17, 15) is 22.8 Å². The van der Waals surface area contributed by atoms with E-state index in [2.05, 4.69) is 15.0 Å². The summed E-state index contributed by atoms with van der Waals surface area (Å²) in [4.78, 5) is 30.2. The zero-order valence-electron chi connectivity index (χ0n) is 15.7. The summed E-state index contributed by atoms with van der Waals surface area (Å²) in [7, 11) is 0. The smallest absolute Gasteiger partial charge is 0.406 e. The van der Waals surface area contributed by atoms with E-state index in [1.165, 1.54) is 34.4 Å². The second-order valence-electron chi connectivity index (χ2n) is 6.49. The molecule has 0 radical (unpaired) electrons. The Hall–Kier alpha value is -3.66. The monoisotopic (exact) mass is 445 g/mol. The standard InChI is InChI=1S/C21H14F3N3O3S/c22-21(23,24)30-15-8-6-14(7-9-15)26-18(28)11-27-12-25-16-10-17(31-19(16)20(27)29)13-4-2-1-3-5-13/h1-10,12H,11H2,(H,26,28). The molecule has 0 unspecified atom stereocenters. The first kappa shape index (κ1) is 20.6. The summed E-state index contributed by atoms with van der Waals surface area (Å²) in [6.45, 7) is -0.291. The summed E-state index contributed by atoms with van der Waals surface area (Å²) in [5.74, 6) is -0.920. The van der Waals surface area contributed by atoms with Crippen molar-refractivity contribution in [3.8, 4) is 16.2 Å². The lowest BCUT2D eigenvalue weighted by molar-refractivity contribution is -0.274. The second-order valence-corrected chi connectivity index (χ2v) is 7.54. The van der Waals surface area contributed by atoms with Crippen LogP contribution in [0.2, 0.25) is 0 Å². The van der Waals surface area contributed by atoms with Crippen molar-refractivity contribution in [2.45, 2.75) is 12.9 Å². The van der Waals surface area contributed by atoms with Gasteiger partial charge in [0.25, 0.3) is 5.56 Å². The average molecular weight is 445 g/mol. The van der Waals surface area contributed by atoms with Crippen molar-refractivity contribution in [2.75, 3.05) is 5.32 Å². The van der Waals surface area contributed by atoms with Gasteiger partial charge >= 0.3 is 6.36 Å². The molecule has 0 fully saturated rings. The van der Waals surface area contributed by atoms with Crippen molar-refractivity contribution in [3.63, 3.8) is 0 Å². The van der Waals surface area contributed by atoms with Crippen LogP contribution >= 0.6 is 11.3 Å². The fraction of sp³-hybridized carbons (Fsp3) is 0.0952. The molecule has 0 aliphatic carbocycles. The predicted octanol–water partition coefficient (Wildman–Crippen LogP) is 4.66. The predicted molar refractivity (Wildman–Crippen MR) is 111 cm³/mol. The van der Waals surface area contributed by atoms with E-state index in [0.717, 1.165) is 22.6 Å². The third kappa shape index (κ3) is 4.92. The van der Waals surface area contributed by atoms with Crippen molar-refractivity contribution >= 4 is 33.1 Å². The highest BCUT2D eigenvalue weighted by Crippen LogP contribution is 2.30. The molecule has 6 nitrogen and oxygen atoms in total. The number of nitrogens with zero attached hydrogens (tertiary/aromatic N) is 2. The zero-order chi connectivity index (χ0) is 22.0. The molecule has 0 aliphatic heterocycles. The van der Waals surface area contributed by atoms with E-state index in [1.807, 2.05) is 36.4 Å². The molecule has 31 heavy (non-hydrogen) atoms. The Morgan fingerprint density at radius 2 is 1.81 bits per heavy atom. The summed E-state index contributed by atoms with van der Waals surface area (Å²) in [6.07, 6.45) is -3.49. The summed E-state index contributed by atoms with van der Waals surface area (Å²) in [6, 6.07) is 16.1. The number of anilines is 1. The van der Waals surface area contributed by atoms with Crippen LogP contribution in [0.25, 0.3) is 20.7 Å². The van der Waals surface area contributed by atoms with Gasteiger partial charge in [0.1, 0.15) is 17.0 Å². The normalized spacial score (nSPS) is 11.5. The van der Waals surface area contributed by atoms with E-state index in [4.69, 9.17) is 0 Å². The van der Waals surface area contributed by atoms with E-state index >= 15 is 0 Å². The number of aromatic nitrogens is 2. The minimum atomic E-state index is -4.79. The molecule has 0 bridgehead atoms. The van der Waals surface area contributed by atoms with Gasteiger partial charge in [-0.15, -0.1) is 24.5 Å². The first-order valence-electron chi connectivity index (χ1n) is 8.98. The maximum atomic E-state index is 12.8. The number of hydrogen-bond donors (Lipinski definition) is 1. The zero-order valence-corrected chi connectivity index (χ0v) is 16.5. The summed E-state index contributed by atoms with van der Waals surface area (Å²) < 4.78 is 42.0. The van der Waals surface area contributed by atoms with Crippen LogP contribution in [0.3, 0.4) is 0 Å². The minimum Gasteiger partial charge on any atom is -0.406 e. The molecular weight excluding hydrogens is 431 g/mol. The number of amides is 1. The van der Waals surface area contributed by atoms with Crippen molar-refractivity contribution in [2.24, 2.45) is 0 Å². The first-order chi connectivity index (χ1) is 14.8. The number of nitrogens with one attached hydrogen (secondary N) is 1. The lowest BCUT2D eigenvalue weighted by Crippen LogP contribution is -2.27. The van der Waals surface area contributed by atoms with Crippen LogP contribution in [0.1, 0.15) is 0 Å². The third-order valence-corrected chi connectivity index (χ3v) is 5.41. The van der Waals surface area contributed by atoms with E-state index < -0.39 is 18.0 Å². The molecule has 1 amide bonds. The molecule has 4 rings (SSSR count). The van der Waals surface area contributed by atoms with Gasteiger partial charge in [-0.25, -0.2) is 4.98 Å². The molecule has 4 aromatic rings. The average Bonchev–Trinajstić information content (AvgIpc) is 3.16. The highest BCUT2D eigenvalue weighted by molar-refractivity contribution is 7.22. The molecule has 2 aromatic heterocycles. The van der Waals surface area contributed by atoms with Crippen LogP contribution in [0.4, 0.5) is 18.9 Å². The Morgan fingerprint density at radius 1 is 1.10 bits per heavy atom. The third-order valence-electron chi connectivity index (χ3n) is 4.25. The van der Waals surface area contributed by atoms with Crippen molar-refractivity contribution in [1.29, 1.82) is 0 Å². The van der Waals surface area contributed by atoms with Crippen LogP contribution in [0.5, 0.6) is 5.75 Å². The van der Waals surface area contributed by atoms with Gasteiger partial charge in [-0.2, -0.15) is 0 Å². The Balaban J connectivity index is 1.48. The van der Waals surface area contributed by atoms with E-state index in [1.54, 1.807) is 0 Å². The number of fused-ring (bicyclic) bond motifs is 1. The van der Waals surface area contributed by atoms with E-state index in [-0.39, 0.29) is 17.8 Å². The van der Waals surface area contributed by atoms with Gasteiger partial charge in [0.15, 0.2) is 0 Å². The lowest BCUT2D eigenvalue weighted by atomic mass is 10.2. The molecule has 0 saturated carbocycles. The quantitative estimate of drug-likeness (QED) is 0.485. The number of hydrogen-bond acceptors (Lipinski definition) is 5. The van der Waals surface area contributed by atoms with Gasteiger partial charge in [-0.05, 0) is 35.9 Å². The van der Waals surface area contributed by atoms with Crippen LogP contribution in [0.15, 0.2) is 71.8 Å². The maximum absolute atomic E-state index is 12.8. The summed E-state index contributed by atoms with van der Waals surface area (Å²) in [5, 5.41) is 2.53. The van der Waals surface area contributed by atoms with Crippen LogP contribution in [0, 0.1) is 0 Å². The SMILES string of the molecule is O=C(Cn1cnc2cc(-c3ccccc3)sc2c1=O)Nc1ccc(OC(F)(F)F)cc1. The second kappa shape index (κ2) is 8.23. The molecule has 2 aromatic carbocycles. The Bertz CT molecular complexity index is 1280. The van der Waals surface area contributed by atoms with Crippen LogP contribution in [-0.2, 0) is 11.3 Å². The Morgan fingerprint density at radius 3 is 2.48 bits per heavy atom. The largest absolute Gasteiger partial charge is 0.573 e. The van der Waals surface area contributed by atoms with Crippen LogP contribution in [-0.4, -0.2) is 21.8 Å². The van der Waals surface area contributed by atoms with Crippen molar-refractivity contribution in [1.82, 2.24) is 9.55 Å². The first-order valence-corrected chi connectivity index (χ1v) is 9.80. The molecule has 2 heterocycles. The lowest BCUT2D eigenvalue weighted by Gasteiger charge is -2.10. The highest BCUT2D eigenvalue weighted by Gasteiger charge is 2.31. The Labute approximate surface area is 177 Å². The van der Waals surface area contributed by atoms with Gasteiger partial charge in [-0.3, -0.25) is 14.2 Å². The molecule has 0 atom stereocenters. The van der Waals surface area contributed by atoms with Crippen molar-refractivity contribution in [3.05, 3.63) is 77.3 Å². The molecule has 0 aliphatic rings. The van der Waals surface area contributed by atoms with Gasteiger partial charge in [-0.1, -0.05) is 30.3 Å². The minimum absolute atomic E-state index is 0.268. The highest BCUT2D eigenvalue weighted by atomic mass is 32.1. The number of halogens is 3. The van der Waals surface area contributed by atoms with Crippen LogP contribution < -0.4 is 15.6 Å². The van der Waals surface area contributed by atoms with E-state index in [0.29, 0.717) is 10.2 Å². The number of rotatable bonds is 5. The topological polar surface area (TPSA) is 73.2 Å².